The van der Waals surface area contributed by atoms with Crippen molar-refractivity contribution in [2.75, 3.05) is 12.4 Å². The maximum atomic E-state index is 4.56. The van der Waals surface area contributed by atoms with E-state index in [2.05, 4.69) is 27.2 Å². The summed E-state index contributed by atoms with van der Waals surface area (Å²) in [5, 5.41) is 3.14. The molecule has 0 atom stereocenters. The van der Waals surface area contributed by atoms with Gasteiger partial charge in [0.25, 0.3) is 0 Å². The number of hydrogen-bond acceptors (Lipinski definition) is 4. The Balaban J connectivity index is 2.52. The summed E-state index contributed by atoms with van der Waals surface area (Å²) in [5.41, 5.74) is 4.13. The lowest BCUT2D eigenvalue weighted by atomic mass is 10.1. The van der Waals surface area contributed by atoms with Crippen LogP contribution in [0.15, 0.2) is 18.3 Å². The van der Waals surface area contributed by atoms with Gasteiger partial charge in [-0.05, 0) is 32.4 Å². The van der Waals surface area contributed by atoms with Gasteiger partial charge in [0.05, 0.1) is 0 Å². The van der Waals surface area contributed by atoms with Crippen LogP contribution >= 0.6 is 0 Å². The van der Waals surface area contributed by atoms with Crippen LogP contribution in [0.2, 0.25) is 0 Å². The Morgan fingerprint density at radius 3 is 2.50 bits per heavy atom. The molecule has 0 amide bonds. The average molecular weight is 242 g/mol. The molecule has 0 unspecified atom stereocenters. The van der Waals surface area contributed by atoms with Gasteiger partial charge in [0, 0.05) is 35.8 Å². The average Bonchev–Trinajstić information content (AvgIpc) is 2.38. The van der Waals surface area contributed by atoms with Crippen LogP contribution in [0, 0.1) is 13.8 Å². The van der Waals surface area contributed by atoms with Crippen molar-refractivity contribution in [1.82, 2.24) is 15.0 Å². The summed E-state index contributed by atoms with van der Waals surface area (Å²) in [7, 11) is 1.89. The molecule has 1 N–H and O–H groups in total. The van der Waals surface area contributed by atoms with Crippen LogP contribution in [0.4, 0.5) is 5.82 Å². The highest BCUT2D eigenvalue weighted by Crippen LogP contribution is 2.22. The topological polar surface area (TPSA) is 50.7 Å². The molecule has 2 rings (SSSR count). The van der Waals surface area contributed by atoms with Crippen molar-refractivity contribution >= 4 is 5.82 Å². The van der Waals surface area contributed by atoms with Crippen molar-refractivity contribution in [3.05, 3.63) is 35.3 Å². The van der Waals surface area contributed by atoms with Crippen LogP contribution in [0.25, 0.3) is 11.4 Å². The van der Waals surface area contributed by atoms with Gasteiger partial charge in [0.2, 0.25) is 0 Å². The van der Waals surface area contributed by atoms with Crippen LogP contribution < -0.4 is 5.32 Å². The van der Waals surface area contributed by atoms with Crippen molar-refractivity contribution in [3.63, 3.8) is 0 Å². The second-order valence-electron chi connectivity index (χ2n) is 4.25. The van der Waals surface area contributed by atoms with Crippen molar-refractivity contribution in [1.29, 1.82) is 0 Å². The second-order valence-corrected chi connectivity index (χ2v) is 4.25. The quantitative estimate of drug-likeness (QED) is 0.899. The van der Waals surface area contributed by atoms with Gasteiger partial charge in [-0.3, -0.25) is 4.98 Å². The summed E-state index contributed by atoms with van der Waals surface area (Å²) >= 11 is 0. The fraction of sp³-hybridized carbons (Fsp3) is 0.357. The maximum absolute atomic E-state index is 4.56. The van der Waals surface area contributed by atoms with Crippen LogP contribution in [0.5, 0.6) is 0 Å². The third kappa shape index (κ3) is 2.32. The minimum atomic E-state index is 0.724. The molecule has 18 heavy (non-hydrogen) atoms. The van der Waals surface area contributed by atoms with Gasteiger partial charge in [0.15, 0.2) is 5.82 Å². The number of aryl methyl sites for hydroxylation is 2. The third-order valence-corrected chi connectivity index (χ3v) is 2.97. The van der Waals surface area contributed by atoms with E-state index in [0.717, 1.165) is 35.0 Å². The molecule has 0 spiro atoms. The summed E-state index contributed by atoms with van der Waals surface area (Å²) in [5.74, 6) is 1.63. The lowest BCUT2D eigenvalue weighted by molar-refractivity contribution is 1.00. The molecule has 2 aromatic rings. The van der Waals surface area contributed by atoms with Gasteiger partial charge in [-0.15, -0.1) is 0 Å². The first-order valence-electron chi connectivity index (χ1n) is 6.14. The van der Waals surface area contributed by atoms with E-state index in [0.29, 0.717) is 0 Å². The van der Waals surface area contributed by atoms with Gasteiger partial charge >= 0.3 is 0 Å². The van der Waals surface area contributed by atoms with E-state index in [9.17, 15) is 0 Å². The molecule has 0 aliphatic carbocycles. The monoisotopic (exact) mass is 242 g/mol. The number of anilines is 1. The van der Waals surface area contributed by atoms with Crippen molar-refractivity contribution in [3.8, 4) is 11.4 Å². The molecule has 0 saturated carbocycles. The summed E-state index contributed by atoms with van der Waals surface area (Å²) in [6.07, 6.45) is 2.74. The van der Waals surface area contributed by atoms with Crippen molar-refractivity contribution < 1.29 is 0 Å². The highest BCUT2D eigenvalue weighted by Gasteiger charge is 2.10. The number of hydrogen-bond donors (Lipinski definition) is 1. The zero-order valence-electron chi connectivity index (χ0n) is 11.3. The van der Waals surface area contributed by atoms with E-state index >= 15 is 0 Å². The van der Waals surface area contributed by atoms with E-state index in [4.69, 9.17) is 0 Å². The Kier molecular flexibility index (Phi) is 3.55. The predicted molar refractivity (Wildman–Crippen MR) is 73.7 cm³/mol. The van der Waals surface area contributed by atoms with E-state index < -0.39 is 0 Å². The van der Waals surface area contributed by atoms with Gasteiger partial charge < -0.3 is 5.32 Å². The second kappa shape index (κ2) is 5.12. The zero-order chi connectivity index (χ0) is 13.1. The molecule has 4 heteroatoms. The molecule has 0 saturated heterocycles. The minimum Gasteiger partial charge on any atom is -0.373 e. The first-order valence-corrected chi connectivity index (χ1v) is 6.14. The summed E-state index contributed by atoms with van der Waals surface area (Å²) in [6, 6.07) is 3.98. The van der Waals surface area contributed by atoms with Gasteiger partial charge in [-0.2, -0.15) is 0 Å². The molecule has 0 aromatic carbocycles. The highest BCUT2D eigenvalue weighted by atomic mass is 15.0. The molecule has 0 bridgehead atoms. The van der Waals surface area contributed by atoms with Gasteiger partial charge in [-0.1, -0.05) is 6.92 Å². The standard InChI is InChI=1S/C14H18N4/c1-5-12-10(3)17-13(18-14(12)15-4)11-7-6-9(2)16-8-11/h6-8H,5H2,1-4H3,(H,15,17,18). The first kappa shape index (κ1) is 12.5. The Labute approximate surface area is 108 Å². The van der Waals surface area contributed by atoms with Crippen LogP contribution in [0.3, 0.4) is 0 Å². The Morgan fingerprint density at radius 2 is 1.94 bits per heavy atom. The number of nitrogens with one attached hydrogen (secondary N) is 1. The third-order valence-electron chi connectivity index (χ3n) is 2.97. The normalized spacial score (nSPS) is 10.4. The lowest BCUT2D eigenvalue weighted by Crippen LogP contribution is -2.05. The Morgan fingerprint density at radius 1 is 1.17 bits per heavy atom. The largest absolute Gasteiger partial charge is 0.373 e. The summed E-state index contributed by atoms with van der Waals surface area (Å²) in [6.45, 7) is 6.10. The molecule has 2 heterocycles. The molecular formula is C14H18N4. The molecule has 0 aliphatic heterocycles. The predicted octanol–water partition coefficient (Wildman–Crippen LogP) is 2.76. The minimum absolute atomic E-state index is 0.724. The van der Waals surface area contributed by atoms with E-state index in [1.807, 2.05) is 39.2 Å². The number of nitrogens with zero attached hydrogens (tertiary/aromatic N) is 3. The lowest BCUT2D eigenvalue weighted by Gasteiger charge is -2.11. The highest BCUT2D eigenvalue weighted by molar-refractivity contribution is 5.59. The smallest absolute Gasteiger partial charge is 0.163 e. The molecule has 0 fully saturated rings. The van der Waals surface area contributed by atoms with Crippen LogP contribution in [-0.4, -0.2) is 22.0 Å². The van der Waals surface area contributed by atoms with Crippen molar-refractivity contribution in [2.24, 2.45) is 0 Å². The van der Waals surface area contributed by atoms with E-state index in [-0.39, 0.29) is 0 Å². The molecule has 4 nitrogen and oxygen atoms in total. The van der Waals surface area contributed by atoms with Crippen LogP contribution in [-0.2, 0) is 6.42 Å². The molecule has 0 aliphatic rings. The molecular weight excluding hydrogens is 224 g/mol. The van der Waals surface area contributed by atoms with Crippen molar-refractivity contribution in [2.45, 2.75) is 27.2 Å². The first-order chi connectivity index (χ1) is 8.65. The number of rotatable bonds is 3. The summed E-state index contributed by atoms with van der Waals surface area (Å²) < 4.78 is 0. The van der Waals surface area contributed by atoms with Gasteiger partial charge in [0.1, 0.15) is 5.82 Å². The SMILES string of the molecule is CCc1c(C)nc(-c2ccc(C)nc2)nc1NC. The van der Waals surface area contributed by atoms with Crippen LogP contribution in [0.1, 0.15) is 23.9 Å². The van der Waals surface area contributed by atoms with Gasteiger partial charge in [-0.25, -0.2) is 9.97 Å². The van der Waals surface area contributed by atoms with E-state index in [1.165, 1.54) is 5.56 Å². The number of aromatic nitrogens is 3. The Hall–Kier alpha value is -1.97. The molecule has 0 radical (unpaired) electrons. The zero-order valence-corrected chi connectivity index (χ0v) is 11.3. The molecule has 94 valence electrons. The molecule has 2 aromatic heterocycles. The Bertz CT molecular complexity index is 546. The fourth-order valence-corrected chi connectivity index (χ4v) is 1.96. The maximum Gasteiger partial charge on any atom is 0.163 e. The number of pyridine rings is 1. The summed E-state index contributed by atoms with van der Waals surface area (Å²) in [4.78, 5) is 13.4. The fourth-order valence-electron chi connectivity index (χ4n) is 1.96. The van der Waals surface area contributed by atoms with E-state index in [1.54, 1.807) is 0 Å².